The molecule has 0 saturated carbocycles. The molecule has 0 aromatic carbocycles. The van der Waals surface area contributed by atoms with Crippen molar-refractivity contribution in [2.24, 2.45) is 0 Å². The number of carbonyl (C=O) groups is 1. The number of aromatic nitrogens is 3. The van der Waals surface area contributed by atoms with Gasteiger partial charge in [-0.2, -0.15) is 0 Å². The molecule has 6 nitrogen and oxygen atoms in total. The smallest absolute Gasteiger partial charge is 0.251 e. The zero-order valence-corrected chi connectivity index (χ0v) is 10.6. The predicted octanol–water partition coefficient (Wildman–Crippen LogP) is 1.75. The number of pyridine rings is 1. The van der Waals surface area contributed by atoms with Gasteiger partial charge < -0.3 is 10.6 Å². The van der Waals surface area contributed by atoms with Crippen LogP contribution in [0.15, 0.2) is 36.8 Å². The molecule has 2 aromatic heterocycles. The molecule has 6 heteroatoms. The molecule has 0 unspecified atom stereocenters. The van der Waals surface area contributed by atoms with Gasteiger partial charge in [-0.05, 0) is 24.6 Å². The van der Waals surface area contributed by atoms with E-state index in [9.17, 15) is 4.79 Å². The molecule has 0 fully saturated rings. The quantitative estimate of drug-likeness (QED) is 0.853. The third-order valence-electron chi connectivity index (χ3n) is 2.36. The summed E-state index contributed by atoms with van der Waals surface area (Å²) >= 11 is 0. The molecule has 2 aromatic rings. The van der Waals surface area contributed by atoms with Crippen LogP contribution in [0.4, 0.5) is 11.8 Å². The summed E-state index contributed by atoms with van der Waals surface area (Å²) in [4.78, 5) is 24.0. The maximum atomic E-state index is 11.8. The van der Waals surface area contributed by atoms with Gasteiger partial charge in [-0.3, -0.25) is 4.79 Å². The molecule has 0 aliphatic carbocycles. The number of nitrogens with zero attached hydrogens (tertiary/aromatic N) is 3. The molecule has 0 spiro atoms. The van der Waals surface area contributed by atoms with Crippen molar-refractivity contribution in [1.29, 1.82) is 0 Å². The van der Waals surface area contributed by atoms with Crippen LogP contribution < -0.4 is 10.6 Å². The lowest BCUT2D eigenvalue weighted by molar-refractivity contribution is 0.0953. The van der Waals surface area contributed by atoms with Crippen molar-refractivity contribution in [2.75, 3.05) is 11.9 Å². The summed E-state index contributed by atoms with van der Waals surface area (Å²) in [5.74, 6) is 0.873. The zero-order valence-electron chi connectivity index (χ0n) is 10.6. The van der Waals surface area contributed by atoms with E-state index >= 15 is 0 Å². The number of nitrogens with one attached hydrogen (secondary N) is 2. The maximum Gasteiger partial charge on any atom is 0.251 e. The van der Waals surface area contributed by atoms with Crippen molar-refractivity contribution in [2.45, 2.75) is 13.3 Å². The molecule has 0 saturated heterocycles. The molecule has 2 N–H and O–H groups in total. The van der Waals surface area contributed by atoms with Gasteiger partial charge in [0.25, 0.3) is 5.91 Å². The zero-order chi connectivity index (χ0) is 13.5. The summed E-state index contributed by atoms with van der Waals surface area (Å²) in [6.45, 7) is 2.66. The molecule has 2 heterocycles. The van der Waals surface area contributed by atoms with E-state index in [1.807, 2.05) is 6.92 Å². The highest BCUT2D eigenvalue weighted by Gasteiger charge is 2.06. The third-order valence-corrected chi connectivity index (χ3v) is 2.36. The number of hydrogen-bond donors (Lipinski definition) is 2. The standard InChI is InChI=1S/C13H15N5O/c1-2-5-15-12(19)10-4-8-14-11(9-10)18-13-16-6-3-7-17-13/h3-4,6-9H,2,5H2,1H3,(H,15,19)(H,14,16,17,18). The Morgan fingerprint density at radius 2 is 2.00 bits per heavy atom. The van der Waals surface area contributed by atoms with Gasteiger partial charge >= 0.3 is 0 Å². The molecular weight excluding hydrogens is 242 g/mol. The van der Waals surface area contributed by atoms with Crippen LogP contribution in [-0.2, 0) is 0 Å². The van der Waals surface area contributed by atoms with Crippen LogP contribution in [0.1, 0.15) is 23.7 Å². The van der Waals surface area contributed by atoms with Gasteiger partial charge in [-0.15, -0.1) is 0 Å². The van der Waals surface area contributed by atoms with E-state index in [2.05, 4.69) is 25.6 Å². The first-order valence-corrected chi connectivity index (χ1v) is 6.08. The lowest BCUT2D eigenvalue weighted by Crippen LogP contribution is -2.24. The predicted molar refractivity (Wildman–Crippen MR) is 72.2 cm³/mol. The van der Waals surface area contributed by atoms with Crippen LogP contribution in [0.5, 0.6) is 0 Å². The number of rotatable bonds is 5. The van der Waals surface area contributed by atoms with Gasteiger partial charge in [0.15, 0.2) is 0 Å². The minimum Gasteiger partial charge on any atom is -0.352 e. The first-order chi connectivity index (χ1) is 9.29. The second kappa shape index (κ2) is 6.44. The summed E-state index contributed by atoms with van der Waals surface area (Å²) in [6, 6.07) is 5.07. The van der Waals surface area contributed by atoms with Crippen molar-refractivity contribution in [3.63, 3.8) is 0 Å². The normalized spacial score (nSPS) is 9.95. The Labute approximate surface area is 111 Å². The largest absolute Gasteiger partial charge is 0.352 e. The maximum absolute atomic E-state index is 11.8. The van der Waals surface area contributed by atoms with Gasteiger partial charge in [-0.1, -0.05) is 6.92 Å². The SMILES string of the molecule is CCCNC(=O)c1ccnc(Nc2ncccn2)c1. The van der Waals surface area contributed by atoms with Crippen LogP contribution in [0.3, 0.4) is 0 Å². The highest BCUT2D eigenvalue weighted by atomic mass is 16.1. The van der Waals surface area contributed by atoms with E-state index in [0.29, 0.717) is 23.9 Å². The van der Waals surface area contributed by atoms with Crippen molar-refractivity contribution >= 4 is 17.7 Å². The second-order valence-corrected chi connectivity index (χ2v) is 3.88. The van der Waals surface area contributed by atoms with E-state index in [-0.39, 0.29) is 5.91 Å². The summed E-state index contributed by atoms with van der Waals surface area (Å²) in [6.07, 6.45) is 5.74. The number of hydrogen-bond acceptors (Lipinski definition) is 5. The molecule has 2 rings (SSSR count). The number of anilines is 2. The molecular formula is C13H15N5O. The van der Waals surface area contributed by atoms with Crippen LogP contribution >= 0.6 is 0 Å². The fraction of sp³-hybridized carbons (Fsp3) is 0.231. The Kier molecular flexibility index (Phi) is 4.39. The minimum absolute atomic E-state index is 0.110. The molecule has 0 aliphatic rings. The van der Waals surface area contributed by atoms with Crippen LogP contribution in [0.25, 0.3) is 0 Å². The third kappa shape index (κ3) is 3.74. The van der Waals surface area contributed by atoms with Crippen LogP contribution in [0, 0.1) is 0 Å². The fourth-order valence-corrected chi connectivity index (χ4v) is 1.46. The second-order valence-electron chi connectivity index (χ2n) is 3.88. The molecule has 0 bridgehead atoms. The fourth-order valence-electron chi connectivity index (χ4n) is 1.46. The lowest BCUT2D eigenvalue weighted by Gasteiger charge is -2.06. The monoisotopic (exact) mass is 257 g/mol. The van der Waals surface area contributed by atoms with E-state index in [1.165, 1.54) is 0 Å². The van der Waals surface area contributed by atoms with E-state index in [4.69, 9.17) is 0 Å². The Morgan fingerprint density at radius 3 is 2.74 bits per heavy atom. The molecule has 98 valence electrons. The Balaban J connectivity index is 2.09. The van der Waals surface area contributed by atoms with Gasteiger partial charge in [0.1, 0.15) is 5.82 Å². The molecule has 0 atom stereocenters. The molecule has 19 heavy (non-hydrogen) atoms. The summed E-state index contributed by atoms with van der Waals surface area (Å²) in [5.41, 5.74) is 0.557. The highest BCUT2D eigenvalue weighted by Crippen LogP contribution is 2.10. The average Bonchev–Trinajstić information content (AvgIpc) is 2.46. The van der Waals surface area contributed by atoms with E-state index in [0.717, 1.165) is 6.42 Å². The van der Waals surface area contributed by atoms with E-state index in [1.54, 1.807) is 36.8 Å². The van der Waals surface area contributed by atoms with Gasteiger partial charge in [0.05, 0.1) is 0 Å². The minimum atomic E-state index is -0.110. The average molecular weight is 257 g/mol. The molecule has 0 aliphatic heterocycles. The Morgan fingerprint density at radius 1 is 1.21 bits per heavy atom. The van der Waals surface area contributed by atoms with Crippen molar-refractivity contribution in [1.82, 2.24) is 20.3 Å². The summed E-state index contributed by atoms with van der Waals surface area (Å²) in [7, 11) is 0. The van der Waals surface area contributed by atoms with Crippen molar-refractivity contribution in [3.05, 3.63) is 42.4 Å². The van der Waals surface area contributed by atoms with Crippen LogP contribution in [0.2, 0.25) is 0 Å². The van der Waals surface area contributed by atoms with Gasteiger partial charge in [0.2, 0.25) is 5.95 Å². The van der Waals surface area contributed by atoms with Gasteiger partial charge in [0, 0.05) is 30.7 Å². The van der Waals surface area contributed by atoms with Crippen molar-refractivity contribution < 1.29 is 4.79 Å². The Bertz CT molecular complexity index is 544. The van der Waals surface area contributed by atoms with Crippen LogP contribution in [-0.4, -0.2) is 27.4 Å². The first kappa shape index (κ1) is 12.9. The number of carbonyl (C=O) groups excluding carboxylic acids is 1. The summed E-state index contributed by atoms with van der Waals surface area (Å²) in [5, 5.41) is 5.76. The van der Waals surface area contributed by atoms with Crippen molar-refractivity contribution in [3.8, 4) is 0 Å². The van der Waals surface area contributed by atoms with Gasteiger partial charge in [-0.25, -0.2) is 15.0 Å². The highest BCUT2D eigenvalue weighted by molar-refractivity contribution is 5.94. The Hall–Kier alpha value is -2.50. The molecule has 0 radical (unpaired) electrons. The number of amides is 1. The van der Waals surface area contributed by atoms with E-state index < -0.39 is 0 Å². The lowest BCUT2D eigenvalue weighted by atomic mass is 10.2. The summed E-state index contributed by atoms with van der Waals surface area (Å²) < 4.78 is 0. The topological polar surface area (TPSA) is 79.8 Å². The first-order valence-electron chi connectivity index (χ1n) is 6.08. The molecule has 1 amide bonds.